The smallest absolute Gasteiger partial charge is 0.194 e. The standard InChI is InChI=1S/C13H23N5O/c1-3-14-13(15-8-12-4-6-16-17-12)18(2)9-11-5-7-19-10-11/h4,6,11H,3,5,7-10H2,1-2H3,(H,14,15)(H,16,17). The number of hydrogen-bond donors (Lipinski definition) is 2. The van der Waals surface area contributed by atoms with Crippen LogP contribution in [-0.4, -0.2) is 54.4 Å². The van der Waals surface area contributed by atoms with E-state index in [0.717, 1.165) is 44.4 Å². The second kappa shape index (κ2) is 7.13. The quantitative estimate of drug-likeness (QED) is 0.612. The Bertz CT molecular complexity index is 384. The topological polar surface area (TPSA) is 65.5 Å². The highest BCUT2D eigenvalue weighted by atomic mass is 16.5. The second-order valence-corrected chi connectivity index (χ2v) is 4.86. The van der Waals surface area contributed by atoms with Crippen LogP contribution in [0.5, 0.6) is 0 Å². The summed E-state index contributed by atoms with van der Waals surface area (Å²) in [6.45, 7) is 6.30. The number of rotatable bonds is 5. The van der Waals surface area contributed by atoms with E-state index >= 15 is 0 Å². The molecule has 0 spiro atoms. The lowest BCUT2D eigenvalue weighted by Gasteiger charge is -2.24. The fraction of sp³-hybridized carbons (Fsp3) is 0.692. The summed E-state index contributed by atoms with van der Waals surface area (Å²) in [6.07, 6.45) is 2.89. The maximum absolute atomic E-state index is 5.42. The Labute approximate surface area is 114 Å². The predicted molar refractivity (Wildman–Crippen MR) is 75.0 cm³/mol. The molecule has 6 nitrogen and oxygen atoms in total. The van der Waals surface area contributed by atoms with Gasteiger partial charge in [0.15, 0.2) is 5.96 Å². The molecule has 19 heavy (non-hydrogen) atoms. The van der Waals surface area contributed by atoms with Crippen LogP contribution in [0.2, 0.25) is 0 Å². The predicted octanol–water partition coefficient (Wildman–Crippen LogP) is 0.843. The summed E-state index contributed by atoms with van der Waals surface area (Å²) in [7, 11) is 2.08. The maximum atomic E-state index is 5.42. The van der Waals surface area contributed by atoms with E-state index < -0.39 is 0 Å². The third kappa shape index (κ3) is 4.24. The van der Waals surface area contributed by atoms with Gasteiger partial charge in [-0.2, -0.15) is 5.10 Å². The molecule has 0 bridgehead atoms. The molecule has 2 rings (SSSR count). The molecular weight excluding hydrogens is 242 g/mol. The molecule has 2 heterocycles. The van der Waals surface area contributed by atoms with Gasteiger partial charge in [0.25, 0.3) is 0 Å². The van der Waals surface area contributed by atoms with Gasteiger partial charge in [0, 0.05) is 38.9 Å². The van der Waals surface area contributed by atoms with Crippen LogP contribution in [0.15, 0.2) is 17.3 Å². The van der Waals surface area contributed by atoms with Gasteiger partial charge in [-0.05, 0) is 19.4 Å². The Balaban J connectivity index is 1.91. The van der Waals surface area contributed by atoms with Gasteiger partial charge in [-0.15, -0.1) is 0 Å². The molecule has 0 aliphatic carbocycles. The van der Waals surface area contributed by atoms with Crippen molar-refractivity contribution >= 4 is 5.96 Å². The first-order valence-corrected chi connectivity index (χ1v) is 6.85. The number of aliphatic imine (C=N–C) groups is 1. The summed E-state index contributed by atoms with van der Waals surface area (Å²) < 4.78 is 5.42. The van der Waals surface area contributed by atoms with Gasteiger partial charge in [-0.1, -0.05) is 0 Å². The maximum Gasteiger partial charge on any atom is 0.194 e. The normalized spacial score (nSPS) is 19.7. The molecule has 1 aliphatic rings. The molecule has 1 aliphatic heterocycles. The van der Waals surface area contributed by atoms with E-state index in [9.17, 15) is 0 Å². The highest BCUT2D eigenvalue weighted by Gasteiger charge is 2.18. The number of ether oxygens (including phenoxy) is 1. The zero-order chi connectivity index (χ0) is 13.5. The zero-order valence-corrected chi connectivity index (χ0v) is 11.7. The minimum atomic E-state index is 0.612. The van der Waals surface area contributed by atoms with E-state index in [1.807, 2.05) is 6.07 Å². The molecule has 1 unspecified atom stereocenters. The number of guanidine groups is 1. The number of hydrogen-bond acceptors (Lipinski definition) is 3. The minimum Gasteiger partial charge on any atom is -0.381 e. The third-order valence-electron chi connectivity index (χ3n) is 3.21. The Morgan fingerprint density at radius 3 is 3.21 bits per heavy atom. The lowest BCUT2D eigenvalue weighted by molar-refractivity contribution is 0.181. The van der Waals surface area contributed by atoms with E-state index in [-0.39, 0.29) is 0 Å². The van der Waals surface area contributed by atoms with Crippen molar-refractivity contribution in [1.82, 2.24) is 20.4 Å². The molecule has 0 amide bonds. The van der Waals surface area contributed by atoms with Crippen LogP contribution in [0.1, 0.15) is 19.0 Å². The van der Waals surface area contributed by atoms with E-state index in [4.69, 9.17) is 4.74 Å². The summed E-state index contributed by atoms with van der Waals surface area (Å²) in [5.74, 6) is 1.55. The molecule has 1 aromatic rings. The van der Waals surface area contributed by atoms with E-state index in [2.05, 4.69) is 39.4 Å². The molecule has 2 N–H and O–H groups in total. The van der Waals surface area contributed by atoms with Crippen molar-refractivity contribution in [2.24, 2.45) is 10.9 Å². The highest BCUT2D eigenvalue weighted by molar-refractivity contribution is 5.79. The number of H-pyrrole nitrogens is 1. The Morgan fingerprint density at radius 1 is 1.68 bits per heavy atom. The van der Waals surface area contributed by atoms with Gasteiger partial charge in [-0.25, -0.2) is 4.99 Å². The van der Waals surface area contributed by atoms with Crippen molar-refractivity contribution < 1.29 is 4.74 Å². The first-order valence-electron chi connectivity index (χ1n) is 6.85. The van der Waals surface area contributed by atoms with E-state index in [0.29, 0.717) is 12.5 Å². The van der Waals surface area contributed by atoms with Crippen molar-refractivity contribution in [3.8, 4) is 0 Å². The van der Waals surface area contributed by atoms with Crippen LogP contribution < -0.4 is 5.32 Å². The van der Waals surface area contributed by atoms with Crippen molar-refractivity contribution in [1.29, 1.82) is 0 Å². The molecule has 1 aromatic heterocycles. The van der Waals surface area contributed by atoms with Gasteiger partial charge in [0.1, 0.15) is 0 Å². The summed E-state index contributed by atoms with van der Waals surface area (Å²) in [4.78, 5) is 6.80. The zero-order valence-electron chi connectivity index (χ0n) is 11.7. The Kier molecular flexibility index (Phi) is 5.20. The van der Waals surface area contributed by atoms with Gasteiger partial charge >= 0.3 is 0 Å². The fourth-order valence-electron chi connectivity index (χ4n) is 2.20. The average molecular weight is 265 g/mol. The SMILES string of the molecule is CCNC(=NCc1ccn[nH]1)N(C)CC1CCOC1. The first kappa shape index (κ1) is 13.9. The van der Waals surface area contributed by atoms with Crippen LogP contribution in [0.4, 0.5) is 0 Å². The Morgan fingerprint density at radius 2 is 2.58 bits per heavy atom. The summed E-state index contributed by atoms with van der Waals surface area (Å²) in [5.41, 5.74) is 1.02. The van der Waals surface area contributed by atoms with E-state index in [1.165, 1.54) is 0 Å². The number of nitrogens with zero attached hydrogens (tertiary/aromatic N) is 3. The van der Waals surface area contributed by atoms with Gasteiger partial charge < -0.3 is 15.0 Å². The van der Waals surface area contributed by atoms with Crippen molar-refractivity contribution in [3.05, 3.63) is 18.0 Å². The van der Waals surface area contributed by atoms with Crippen LogP contribution >= 0.6 is 0 Å². The lowest BCUT2D eigenvalue weighted by Crippen LogP contribution is -2.41. The molecule has 1 fully saturated rings. The number of aromatic amines is 1. The molecule has 6 heteroatoms. The molecule has 0 aromatic carbocycles. The monoisotopic (exact) mass is 265 g/mol. The largest absolute Gasteiger partial charge is 0.381 e. The molecular formula is C13H23N5O. The second-order valence-electron chi connectivity index (χ2n) is 4.86. The molecule has 0 radical (unpaired) electrons. The van der Waals surface area contributed by atoms with Crippen LogP contribution in [0.25, 0.3) is 0 Å². The first-order chi connectivity index (χ1) is 9.29. The van der Waals surface area contributed by atoms with Gasteiger partial charge in [0.2, 0.25) is 0 Å². The van der Waals surface area contributed by atoms with E-state index in [1.54, 1.807) is 6.20 Å². The Hall–Kier alpha value is -1.56. The van der Waals surface area contributed by atoms with Crippen LogP contribution in [-0.2, 0) is 11.3 Å². The minimum absolute atomic E-state index is 0.612. The molecule has 1 saturated heterocycles. The number of aromatic nitrogens is 2. The summed E-state index contributed by atoms with van der Waals surface area (Å²) >= 11 is 0. The van der Waals surface area contributed by atoms with Gasteiger partial charge in [0.05, 0.1) is 18.8 Å². The third-order valence-corrected chi connectivity index (χ3v) is 3.21. The van der Waals surface area contributed by atoms with Crippen LogP contribution in [0, 0.1) is 5.92 Å². The van der Waals surface area contributed by atoms with Gasteiger partial charge in [-0.3, -0.25) is 5.10 Å². The highest BCUT2D eigenvalue weighted by Crippen LogP contribution is 2.13. The lowest BCUT2D eigenvalue weighted by atomic mass is 10.1. The molecule has 0 saturated carbocycles. The van der Waals surface area contributed by atoms with Crippen molar-refractivity contribution in [2.45, 2.75) is 19.9 Å². The molecule has 106 valence electrons. The van der Waals surface area contributed by atoms with Crippen molar-refractivity contribution in [2.75, 3.05) is 33.4 Å². The summed E-state index contributed by atoms with van der Waals surface area (Å²) in [6, 6.07) is 1.94. The van der Waals surface area contributed by atoms with Crippen molar-refractivity contribution in [3.63, 3.8) is 0 Å². The fourth-order valence-corrected chi connectivity index (χ4v) is 2.20. The molecule has 1 atom stereocenters. The van der Waals surface area contributed by atoms with Crippen LogP contribution in [0.3, 0.4) is 0 Å². The summed E-state index contributed by atoms with van der Waals surface area (Å²) in [5, 5.41) is 10.2. The average Bonchev–Trinajstić information content (AvgIpc) is 3.07. The number of nitrogens with one attached hydrogen (secondary N) is 2.